The minimum Gasteiger partial charge on any atom is -0.507 e. The average molecular weight is 667 g/mol. The van der Waals surface area contributed by atoms with E-state index in [0.29, 0.717) is 6.07 Å². The molecule has 8 N–H and O–H groups in total. The number of hydrogen-bond acceptors (Lipinski definition) is 9. The fourth-order valence-corrected chi connectivity index (χ4v) is 7.37. The van der Waals surface area contributed by atoms with Crippen molar-refractivity contribution in [1.29, 1.82) is 0 Å². The first-order valence-corrected chi connectivity index (χ1v) is 14.4. The van der Waals surface area contributed by atoms with E-state index in [9.17, 15) is 52.8 Å². The zero-order chi connectivity index (χ0) is 34.2. The highest BCUT2D eigenvalue weighted by Crippen LogP contribution is 2.55. The van der Waals surface area contributed by atoms with E-state index in [1.807, 2.05) is 5.32 Å². The zero-order valence-electron chi connectivity index (χ0n) is 24.5. The van der Waals surface area contributed by atoms with Crippen LogP contribution in [0.5, 0.6) is 5.75 Å². The molecule has 16 heteroatoms. The molecule has 0 bridgehead atoms. The molecule has 0 saturated heterocycles. The number of aliphatic hydroxyl groups excluding tert-OH is 3. The van der Waals surface area contributed by atoms with Gasteiger partial charge in [-0.1, -0.05) is 24.6 Å². The van der Waals surface area contributed by atoms with Crippen molar-refractivity contribution < 1.29 is 52.8 Å². The molecule has 0 heterocycles. The molecule has 2 saturated carbocycles. The van der Waals surface area contributed by atoms with E-state index >= 15 is 0 Å². The van der Waals surface area contributed by atoms with Crippen molar-refractivity contribution in [2.75, 3.05) is 24.7 Å². The number of primary amides is 1. The molecule has 0 aromatic heterocycles. The van der Waals surface area contributed by atoms with Gasteiger partial charge in [0.1, 0.15) is 17.4 Å². The van der Waals surface area contributed by atoms with Crippen molar-refractivity contribution in [3.8, 4) is 5.75 Å². The van der Waals surface area contributed by atoms with Crippen molar-refractivity contribution in [1.82, 2.24) is 4.90 Å². The number of carbonyl (C=O) groups excluding carboxylic acids is 4. The van der Waals surface area contributed by atoms with Crippen LogP contribution in [0.2, 0.25) is 5.02 Å². The first-order valence-electron chi connectivity index (χ1n) is 14.0. The Bertz CT molecular complexity index is 1700. The second kappa shape index (κ2) is 11.6. The number of aromatic hydroxyl groups is 1. The van der Waals surface area contributed by atoms with Crippen molar-refractivity contribution in [3.05, 3.63) is 57.6 Å². The van der Waals surface area contributed by atoms with E-state index in [0.717, 1.165) is 12.1 Å². The Morgan fingerprint density at radius 1 is 1.00 bits per heavy atom. The molecular formula is C30H30ClF3N4O8. The van der Waals surface area contributed by atoms with Crippen LogP contribution in [0, 0.1) is 23.7 Å². The van der Waals surface area contributed by atoms with Crippen LogP contribution in [0.4, 0.5) is 29.3 Å². The third kappa shape index (κ3) is 5.16. The summed E-state index contributed by atoms with van der Waals surface area (Å²) in [5.41, 5.74) is 2.75. The average Bonchev–Trinajstić information content (AvgIpc) is 2.94. The summed E-state index contributed by atoms with van der Waals surface area (Å²) in [6.45, 7) is 1.60. The summed E-state index contributed by atoms with van der Waals surface area (Å²) in [5, 5.41) is 49.3. The maximum absolute atomic E-state index is 14.0. The number of nitrogens with one attached hydrogen (secondary N) is 2. The molecule has 2 aromatic carbocycles. The van der Waals surface area contributed by atoms with E-state index in [-0.39, 0.29) is 21.8 Å². The van der Waals surface area contributed by atoms with Gasteiger partial charge in [0.15, 0.2) is 11.6 Å². The predicted octanol–water partition coefficient (Wildman–Crippen LogP) is 2.86. The van der Waals surface area contributed by atoms with Gasteiger partial charge in [-0.2, -0.15) is 13.2 Å². The largest absolute Gasteiger partial charge is 0.507 e. The number of phenolic OH excluding ortho intramolecular Hbond substituents is 1. The first kappa shape index (κ1) is 33.2. The normalized spacial score (nSPS) is 29.2. The van der Waals surface area contributed by atoms with Gasteiger partial charge in [-0.05, 0) is 49.8 Å². The van der Waals surface area contributed by atoms with Crippen LogP contribution >= 0.6 is 11.6 Å². The van der Waals surface area contributed by atoms with Gasteiger partial charge < -0.3 is 41.7 Å². The topological polar surface area (TPSA) is 203 Å². The maximum Gasteiger partial charge on any atom is 0.418 e. The number of anilines is 2. The number of carbonyl (C=O) groups is 4. The van der Waals surface area contributed by atoms with Crippen LogP contribution in [0.25, 0.3) is 5.76 Å². The van der Waals surface area contributed by atoms with E-state index < -0.39 is 106 Å². The summed E-state index contributed by atoms with van der Waals surface area (Å²) >= 11 is 5.68. The summed E-state index contributed by atoms with van der Waals surface area (Å²) in [7, 11) is 3.08. The number of nitrogens with two attached hydrogens (primary N) is 1. The Balaban J connectivity index is 1.54. The molecule has 2 aromatic rings. The monoisotopic (exact) mass is 666 g/mol. The number of nitrogens with zero attached hydrogens (tertiary/aromatic N) is 1. The van der Waals surface area contributed by atoms with Gasteiger partial charge in [0.2, 0.25) is 5.91 Å². The Morgan fingerprint density at radius 3 is 2.20 bits per heavy atom. The number of amides is 3. The van der Waals surface area contributed by atoms with E-state index in [1.54, 1.807) is 6.92 Å². The molecule has 12 nitrogen and oxygen atoms in total. The SMILES string of the molecule is C[C@H]1c2ccc(NC(=O)Nc3ccc(Cl)cc3C(F)(F)F)c(O)c2C(O)=C2C(=O)C3C(=O)C(C(N)=O)C(O)C(N(C)C)C3[C@@H](O)C21. The molecule has 5 rings (SSSR count). The van der Waals surface area contributed by atoms with Gasteiger partial charge in [0.25, 0.3) is 0 Å². The van der Waals surface area contributed by atoms with Crippen molar-refractivity contribution >= 4 is 52.2 Å². The molecular weight excluding hydrogens is 637 g/mol. The van der Waals surface area contributed by atoms with Gasteiger partial charge in [0, 0.05) is 28.5 Å². The van der Waals surface area contributed by atoms with E-state index in [4.69, 9.17) is 17.3 Å². The fourth-order valence-electron chi connectivity index (χ4n) is 7.20. The van der Waals surface area contributed by atoms with Crippen molar-refractivity contribution in [2.45, 2.75) is 37.3 Å². The third-order valence-corrected chi connectivity index (χ3v) is 9.38. The number of Topliss-reactive ketones (excluding diaryl/α,β-unsaturated/α-hetero) is 2. The number of hydrogen-bond donors (Lipinski definition) is 7. The summed E-state index contributed by atoms with van der Waals surface area (Å²) < 4.78 is 40.5. The minimum atomic E-state index is -4.86. The van der Waals surface area contributed by atoms with E-state index in [2.05, 4.69) is 5.32 Å². The molecule has 2 fully saturated rings. The standard InChI is InChI=1S/C30H30ClF3N4O8/c1-9-11-5-7-14(37-29(46)36-13-6-4-10(31)8-12(13)30(32,33)34)22(39)16(11)24(41)18-15(9)23(40)17-19(25(18)42)26(43)20(28(35)45)27(44)21(17)38(2)3/h4-9,15,17,19-21,23,27,39-41,44H,1-3H3,(H2,35,45)(H2,36,37,46)/t9-,15?,17?,19?,20?,21?,23-,27?/m0/s1. The van der Waals surface area contributed by atoms with E-state index in [1.165, 1.54) is 31.1 Å². The van der Waals surface area contributed by atoms with Gasteiger partial charge in [-0.25, -0.2) is 4.79 Å². The summed E-state index contributed by atoms with van der Waals surface area (Å²) in [5.74, 6) is -11.1. The number of alkyl halides is 3. The number of rotatable bonds is 4. The van der Waals surface area contributed by atoms with Crippen LogP contribution in [0.15, 0.2) is 35.9 Å². The molecule has 3 aliphatic carbocycles. The van der Waals surface area contributed by atoms with Crippen molar-refractivity contribution in [3.63, 3.8) is 0 Å². The Labute approximate surface area is 264 Å². The lowest BCUT2D eigenvalue weighted by Gasteiger charge is -2.53. The maximum atomic E-state index is 14.0. The second-order valence-corrected chi connectivity index (χ2v) is 12.3. The lowest BCUT2D eigenvalue weighted by Crippen LogP contribution is -2.68. The number of benzene rings is 2. The number of halogens is 4. The number of likely N-dealkylation sites (N-methyl/N-ethyl adjacent to an activating group) is 1. The Hall–Kier alpha value is -4.18. The summed E-state index contributed by atoms with van der Waals surface area (Å²) in [4.78, 5) is 53.9. The molecule has 0 radical (unpaired) electrons. The smallest absolute Gasteiger partial charge is 0.418 e. The quantitative estimate of drug-likeness (QED) is 0.189. The zero-order valence-corrected chi connectivity index (χ0v) is 25.2. The van der Waals surface area contributed by atoms with Crippen LogP contribution in [0.3, 0.4) is 0 Å². The Morgan fingerprint density at radius 2 is 1.61 bits per heavy atom. The minimum absolute atomic E-state index is 0.219. The van der Waals surface area contributed by atoms with Crippen LogP contribution in [-0.4, -0.2) is 81.2 Å². The van der Waals surface area contributed by atoms with Gasteiger partial charge >= 0.3 is 12.2 Å². The summed E-state index contributed by atoms with van der Waals surface area (Å²) in [6, 6.07) is 3.08. The molecule has 8 atom stereocenters. The molecule has 3 aliphatic rings. The fraction of sp³-hybridized carbons (Fsp3) is 0.400. The number of aliphatic hydroxyl groups is 3. The molecule has 46 heavy (non-hydrogen) atoms. The number of urea groups is 1. The highest BCUT2D eigenvalue weighted by Gasteiger charge is 2.63. The number of ketones is 2. The van der Waals surface area contributed by atoms with Gasteiger partial charge in [0.05, 0.1) is 40.6 Å². The highest BCUT2D eigenvalue weighted by atomic mass is 35.5. The molecule has 0 spiro atoms. The van der Waals surface area contributed by atoms with Gasteiger partial charge in [-0.3, -0.25) is 14.4 Å². The number of phenols is 1. The molecule has 246 valence electrons. The second-order valence-electron chi connectivity index (χ2n) is 11.9. The van der Waals surface area contributed by atoms with Crippen LogP contribution in [-0.2, 0) is 20.6 Å². The lowest BCUT2D eigenvalue weighted by molar-refractivity contribution is -0.166. The molecule has 3 amide bonds. The highest BCUT2D eigenvalue weighted by molar-refractivity contribution is 6.30. The van der Waals surface area contributed by atoms with Crippen LogP contribution in [0.1, 0.15) is 29.5 Å². The van der Waals surface area contributed by atoms with Gasteiger partial charge in [-0.15, -0.1) is 0 Å². The number of fused-ring (bicyclic) bond motifs is 3. The molecule has 0 aliphatic heterocycles. The third-order valence-electron chi connectivity index (χ3n) is 9.14. The van der Waals surface area contributed by atoms with Crippen molar-refractivity contribution in [2.24, 2.45) is 29.4 Å². The lowest BCUT2D eigenvalue weighted by atomic mass is 9.54. The Kier molecular flexibility index (Phi) is 8.34. The summed E-state index contributed by atoms with van der Waals surface area (Å²) in [6.07, 6.45) is -7.97. The first-order chi connectivity index (χ1) is 21.4. The molecule has 6 unspecified atom stereocenters. The van der Waals surface area contributed by atoms with Crippen LogP contribution < -0.4 is 16.4 Å². The predicted molar refractivity (Wildman–Crippen MR) is 158 cm³/mol.